The number of rotatable bonds is 0. The van der Waals surface area contributed by atoms with Crippen LogP contribution in [0.5, 0.6) is 0 Å². The van der Waals surface area contributed by atoms with Crippen LogP contribution in [-0.2, 0) is 19.5 Å². The minimum absolute atomic E-state index is 0. The zero-order valence-electron chi connectivity index (χ0n) is 6.15. The van der Waals surface area contributed by atoms with Crippen molar-refractivity contribution in [2.75, 3.05) is 0 Å². The molecular formula is C6H8BrNOZn. The van der Waals surface area contributed by atoms with E-state index < -0.39 is 0 Å². The summed E-state index contributed by atoms with van der Waals surface area (Å²) in [5.41, 5.74) is 1.78. The Morgan fingerprint density at radius 1 is 1.40 bits per heavy atom. The van der Waals surface area contributed by atoms with Crippen molar-refractivity contribution >= 4 is 0 Å². The van der Waals surface area contributed by atoms with Crippen molar-refractivity contribution in [1.82, 2.24) is 5.16 Å². The molecule has 1 aromatic rings. The smallest absolute Gasteiger partial charge is 1.00 e. The van der Waals surface area contributed by atoms with Gasteiger partial charge in [0.2, 0.25) is 0 Å². The van der Waals surface area contributed by atoms with E-state index in [4.69, 9.17) is 4.52 Å². The summed E-state index contributed by atoms with van der Waals surface area (Å²) in [7, 11) is 0. The monoisotopic (exact) mass is 253 g/mol. The molecule has 0 fully saturated rings. The van der Waals surface area contributed by atoms with Crippen LogP contribution in [0.1, 0.15) is 17.0 Å². The molecule has 0 spiro atoms. The molecule has 2 nitrogen and oxygen atoms in total. The molecule has 0 saturated carbocycles. The maximum atomic E-state index is 4.78. The quantitative estimate of drug-likeness (QED) is 0.415. The van der Waals surface area contributed by atoms with Crippen molar-refractivity contribution < 1.29 is 41.0 Å². The zero-order chi connectivity index (χ0) is 6.15. The van der Waals surface area contributed by atoms with Gasteiger partial charge in [-0.1, -0.05) is 13.8 Å². The largest absolute Gasteiger partial charge is 2.00 e. The van der Waals surface area contributed by atoms with Gasteiger partial charge in [0.1, 0.15) is 0 Å². The maximum Gasteiger partial charge on any atom is 2.00 e. The Morgan fingerprint density at radius 3 is 2.00 bits per heavy atom. The summed E-state index contributed by atoms with van der Waals surface area (Å²) in [6, 6.07) is 0. The maximum absolute atomic E-state index is 4.78. The van der Waals surface area contributed by atoms with E-state index >= 15 is 0 Å². The fourth-order valence-corrected chi connectivity index (χ4v) is 0.502. The second-order valence-corrected chi connectivity index (χ2v) is 1.80. The summed E-state index contributed by atoms with van der Waals surface area (Å²) < 4.78 is 4.78. The van der Waals surface area contributed by atoms with Gasteiger partial charge in [0.15, 0.2) is 0 Å². The summed E-state index contributed by atoms with van der Waals surface area (Å²) in [5.74, 6) is 0.808. The molecule has 4 heteroatoms. The van der Waals surface area contributed by atoms with Crippen LogP contribution in [0, 0.1) is 20.8 Å². The van der Waals surface area contributed by atoms with Gasteiger partial charge in [-0.2, -0.15) is 12.1 Å². The topological polar surface area (TPSA) is 26.0 Å². The first kappa shape index (κ1) is 12.8. The third-order valence-electron chi connectivity index (χ3n) is 1.18. The molecule has 1 heterocycles. The Labute approximate surface area is 83.9 Å². The summed E-state index contributed by atoms with van der Waals surface area (Å²) in [6.45, 7) is 7.45. The molecule has 0 amide bonds. The standard InChI is InChI=1S/C6H8NO.BrH.Zn/c1-4-5(2)7-8-6(4)3;;/h1H2,2-3H3;1H;/q-1;;+2/p-1. The molecule has 0 aromatic carbocycles. The predicted octanol–water partition coefficient (Wildman–Crippen LogP) is -1.52. The number of hydrogen-bond donors (Lipinski definition) is 0. The molecule has 1 rings (SSSR count). The van der Waals surface area contributed by atoms with E-state index in [2.05, 4.69) is 12.1 Å². The fraction of sp³-hybridized carbons (Fsp3) is 0.333. The van der Waals surface area contributed by atoms with E-state index in [0.29, 0.717) is 0 Å². The van der Waals surface area contributed by atoms with Gasteiger partial charge in [-0.05, 0) is 5.69 Å². The first-order chi connectivity index (χ1) is 3.72. The molecular weight excluding hydrogens is 247 g/mol. The first-order valence-electron chi connectivity index (χ1n) is 2.46. The van der Waals surface area contributed by atoms with E-state index in [1.54, 1.807) is 0 Å². The van der Waals surface area contributed by atoms with Gasteiger partial charge in [-0.3, -0.25) is 0 Å². The number of aromatic nitrogens is 1. The zero-order valence-corrected chi connectivity index (χ0v) is 10.7. The average Bonchev–Trinajstić information content (AvgIpc) is 1.98. The number of hydrogen-bond acceptors (Lipinski definition) is 2. The van der Waals surface area contributed by atoms with Crippen LogP contribution in [0.15, 0.2) is 4.52 Å². The number of aryl methyl sites for hydroxylation is 2. The Hall–Kier alpha value is 0.183. The second-order valence-electron chi connectivity index (χ2n) is 1.80. The van der Waals surface area contributed by atoms with E-state index in [0.717, 1.165) is 17.0 Å². The Kier molecular flexibility index (Phi) is 6.31. The van der Waals surface area contributed by atoms with Gasteiger partial charge in [0.25, 0.3) is 0 Å². The molecule has 52 valence electrons. The minimum Gasteiger partial charge on any atom is -1.00 e. The third kappa shape index (κ3) is 2.43. The Balaban J connectivity index is 0. The van der Waals surface area contributed by atoms with Gasteiger partial charge in [0.05, 0.1) is 0 Å². The summed E-state index contributed by atoms with van der Waals surface area (Å²) in [4.78, 5) is 0. The normalized spacial score (nSPS) is 7.80. The molecule has 0 radical (unpaired) electrons. The molecule has 0 saturated heterocycles. The fourth-order valence-electron chi connectivity index (χ4n) is 0.502. The molecule has 0 atom stereocenters. The van der Waals surface area contributed by atoms with Crippen LogP contribution in [0.25, 0.3) is 0 Å². The second kappa shape index (κ2) is 4.92. The van der Waals surface area contributed by atoms with Crippen molar-refractivity contribution in [3.8, 4) is 0 Å². The van der Waals surface area contributed by atoms with Gasteiger partial charge in [-0.25, -0.2) is 0 Å². The summed E-state index contributed by atoms with van der Waals surface area (Å²) in [5, 5.41) is 3.68. The van der Waals surface area contributed by atoms with Crippen LogP contribution in [0.3, 0.4) is 0 Å². The Morgan fingerprint density at radius 2 is 1.90 bits per heavy atom. The van der Waals surface area contributed by atoms with Crippen molar-refractivity contribution in [3.63, 3.8) is 0 Å². The van der Waals surface area contributed by atoms with Crippen LogP contribution in [0.4, 0.5) is 0 Å². The van der Waals surface area contributed by atoms with Crippen molar-refractivity contribution in [2.45, 2.75) is 13.8 Å². The molecule has 0 unspecified atom stereocenters. The van der Waals surface area contributed by atoms with E-state index in [9.17, 15) is 0 Å². The minimum atomic E-state index is 0. The van der Waals surface area contributed by atoms with Crippen LogP contribution >= 0.6 is 0 Å². The van der Waals surface area contributed by atoms with Crippen molar-refractivity contribution in [3.05, 3.63) is 23.9 Å². The van der Waals surface area contributed by atoms with Gasteiger partial charge in [0, 0.05) is 5.76 Å². The number of nitrogens with zero attached hydrogens (tertiary/aromatic N) is 1. The SMILES string of the molecule is [Br-].[CH2-]c1c(C)noc1C.[Zn+2]. The molecule has 0 aliphatic carbocycles. The summed E-state index contributed by atoms with van der Waals surface area (Å²) >= 11 is 0. The van der Waals surface area contributed by atoms with Crippen molar-refractivity contribution in [1.29, 1.82) is 0 Å². The third-order valence-corrected chi connectivity index (χ3v) is 1.18. The van der Waals surface area contributed by atoms with Crippen molar-refractivity contribution in [2.24, 2.45) is 0 Å². The summed E-state index contributed by atoms with van der Waals surface area (Å²) in [6.07, 6.45) is 0. The van der Waals surface area contributed by atoms with Gasteiger partial charge in [-0.15, -0.1) is 5.56 Å². The molecule has 0 bridgehead atoms. The van der Waals surface area contributed by atoms with Gasteiger partial charge >= 0.3 is 19.5 Å². The average molecular weight is 255 g/mol. The molecule has 0 aliphatic heterocycles. The molecule has 0 N–H and O–H groups in total. The number of halogens is 1. The Bertz CT molecular complexity index is 180. The first-order valence-corrected chi connectivity index (χ1v) is 2.46. The van der Waals surface area contributed by atoms with E-state index in [1.807, 2.05) is 13.8 Å². The van der Waals surface area contributed by atoms with E-state index in [1.165, 1.54) is 0 Å². The molecule has 10 heavy (non-hydrogen) atoms. The van der Waals surface area contributed by atoms with Crippen LogP contribution in [-0.4, -0.2) is 5.16 Å². The van der Waals surface area contributed by atoms with E-state index in [-0.39, 0.29) is 36.5 Å². The molecule has 0 aliphatic rings. The molecule has 1 aromatic heterocycles. The van der Waals surface area contributed by atoms with Crippen LogP contribution < -0.4 is 17.0 Å². The van der Waals surface area contributed by atoms with Crippen LogP contribution in [0.2, 0.25) is 0 Å². The van der Waals surface area contributed by atoms with Gasteiger partial charge < -0.3 is 21.5 Å². The predicted molar refractivity (Wildman–Crippen MR) is 30.4 cm³/mol.